The Balaban J connectivity index is 1.33. The van der Waals surface area contributed by atoms with E-state index in [4.69, 9.17) is 9.47 Å². The Morgan fingerprint density at radius 2 is 2.07 bits per heavy atom. The third-order valence-electron chi connectivity index (χ3n) is 5.21. The van der Waals surface area contributed by atoms with Gasteiger partial charge in [0, 0.05) is 41.4 Å². The summed E-state index contributed by atoms with van der Waals surface area (Å²) < 4.78 is 10.7. The number of benzene rings is 2. The lowest BCUT2D eigenvalue weighted by Gasteiger charge is -2.08. The van der Waals surface area contributed by atoms with Gasteiger partial charge in [-0.2, -0.15) is 0 Å². The Hall–Kier alpha value is -2.93. The Kier molecular flexibility index (Phi) is 6.28. The maximum Gasteiger partial charge on any atom is 0.245 e. The number of aromatic nitrogens is 1. The number of nitrogens with one attached hydrogen (secondary N) is 2. The van der Waals surface area contributed by atoms with E-state index >= 15 is 0 Å². The summed E-state index contributed by atoms with van der Waals surface area (Å²) in [4.78, 5) is 20.5. The molecule has 7 heteroatoms. The van der Waals surface area contributed by atoms with Gasteiger partial charge in [0.1, 0.15) is 17.5 Å². The number of ether oxygens (including phenoxy) is 2. The van der Waals surface area contributed by atoms with E-state index in [2.05, 4.69) is 15.3 Å². The summed E-state index contributed by atoms with van der Waals surface area (Å²) in [6.45, 7) is 0.571. The molecule has 2 heterocycles. The minimum absolute atomic E-state index is 0.0186. The third kappa shape index (κ3) is 4.46. The first-order chi connectivity index (χ1) is 14.7. The molecule has 6 nitrogen and oxygen atoms in total. The van der Waals surface area contributed by atoms with Gasteiger partial charge in [-0.15, -0.1) is 11.8 Å². The number of hydrogen-bond donors (Lipinski definition) is 2. The Labute approximate surface area is 180 Å². The van der Waals surface area contributed by atoms with E-state index in [1.807, 2.05) is 48.7 Å². The van der Waals surface area contributed by atoms with Crippen molar-refractivity contribution in [1.82, 2.24) is 10.3 Å². The average Bonchev–Trinajstić information content (AvgIpc) is 3.41. The summed E-state index contributed by atoms with van der Waals surface area (Å²) in [5.74, 6) is 2.34. The van der Waals surface area contributed by atoms with Crippen molar-refractivity contribution in [2.45, 2.75) is 18.9 Å². The van der Waals surface area contributed by atoms with Crippen LogP contribution in [0, 0.1) is 0 Å². The number of carbonyl (C=O) groups excluding carboxylic acids is 1. The van der Waals surface area contributed by atoms with Gasteiger partial charge in [0.2, 0.25) is 5.91 Å². The molecule has 30 heavy (non-hydrogen) atoms. The lowest BCUT2D eigenvalue weighted by Crippen LogP contribution is -2.35. The molecule has 3 aromatic rings. The number of para-hydroxylation sites is 1. The smallest absolute Gasteiger partial charge is 0.245 e. The van der Waals surface area contributed by atoms with Crippen molar-refractivity contribution in [1.29, 1.82) is 0 Å². The molecule has 0 bridgehead atoms. The second kappa shape index (κ2) is 9.26. The second-order valence-corrected chi connectivity index (χ2v) is 8.20. The lowest BCUT2D eigenvalue weighted by molar-refractivity contribution is -0.121. The topological polar surface area (TPSA) is 75.7 Å². The number of H-pyrrole nitrogens is 1. The van der Waals surface area contributed by atoms with Gasteiger partial charge in [-0.1, -0.05) is 18.2 Å². The van der Waals surface area contributed by atoms with Crippen molar-refractivity contribution in [3.8, 4) is 11.5 Å². The number of aromatic amines is 1. The Bertz CT molecular complexity index is 1080. The van der Waals surface area contributed by atoms with Gasteiger partial charge < -0.3 is 19.8 Å². The fourth-order valence-electron chi connectivity index (χ4n) is 3.60. The number of fused-ring (bicyclic) bond motifs is 1. The van der Waals surface area contributed by atoms with Gasteiger partial charge in [0.25, 0.3) is 0 Å². The van der Waals surface area contributed by atoms with Gasteiger partial charge in [0.05, 0.1) is 19.3 Å². The zero-order valence-electron chi connectivity index (χ0n) is 17.1. The number of rotatable bonds is 8. The number of thioether (sulfide) groups is 1. The van der Waals surface area contributed by atoms with Gasteiger partial charge in [-0.25, -0.2) is 0 Å². The molecule has 2 aromatic carbocycles. The van der Waals surface area contributed by atoms with Crippen LogP contribution in [0.4, 0.5) is 0 Å². The molecule has 0 saturated heterocycles. The van der Waals surface area contributed by atoms with Crippen LogP contribution in [0.5, 0.6) is 11.5 Å². The maximum absolute atomic E-state index is 12.6. The fraction of sp³-hybridized carbons (Fsp3) is 0.304. The molecular formula is C23H25N3O3S. The van der Waals surface area contributed by atoms with Crippen LogP contribution >= 0.6 is 11.8 Å². The zero-order valence-corrected chi connectivity index (χ0v) is 17.9. The monoisotopic (exact) mass is 423 g/mol. The largest absolute Gasteiger partial charge is 0.497 e. The minimum Gasteiger partial charge on any atom is -0.497 e. The summed E-state index contributed by atoms with van der Waals surface area (Å²) in [6.07, 6.45) is 3.43. The predicted octanol–water partition coefficient (Wildman–Crippen LogP) is 3.60. The number of hydrogen-bond acceptors (Lipinski definition) is 5. The highest BCUT2D eigenvalue weighted by molar-refractivity contribution is 8.14. The molecule has 1 aliphatic heterocycles. The van der Waals surface area contributed by atoms with E-state index in [9.17, 15) is 4.79 Å². The first kappa shape index (κ1) is 20.3. The molecule has 0 radical (unpaired) electrons. The molecule has 156 valence electrons. The van der Waals surface area contributed by atoms with Crippen molar-refractivity contribution in [3.63, 3.8) is 0 Å². The molecule has 1 aromatic heterocycles. The summed E-state index contributed by atoms with van der Waals surface area (Å²) in [5.41, 5.74) is 3.31. The van der Waals surface area contributed by atoms with Crippen LogP contribution in [0.15, 0.2) is 53.7 Å². The third-order valence-corrected chi connectivity index (χ3v) is 6.28. The quantitative estimate of drug-likeness (QED) is 0.581. The lowest BCUT2D eigenvalue weighted by atomic mass is 10.1. The van der Waals surface area contributed by atoms with E-state index in [1.165, 1.54) is 0 Å². The van der Waals surface area contributed by atoms with Crippen molar-refractivity contribution in [2.24, 2.45) is 4.99 Å². The highest BCUT2D eigenvalue weighted by Crippen LogP contribution is 2.26. The molecule has 2 N–H and O–H groups in total. The summed E-state index contributed by atoms with van der Waals surface area (Å²) >= 11 is 1.64. The summed E-state index contributed by atoms with van der Waals surface area (Å²) in [5, 5.41) is 5.13. The van der Waals surface area contributed by atoms with E-state index in [0.29, 0.717) is 18.7 Å². The van der Waals surface area contributed by atoms with Crippen LogP contribution in [0.1, 0.15) is 11.1 Å². The molecule has 0 unspecified atom stereocenters. The van der Waals surface area contributed by atoms with Gasteiger partial charge in [-0.3, -0.25) is 9.79 Å². The van der Waals surface area contributed by atoms with Crippen LogP contribution in [-0.2, 0) is 17.6 Å². The number of amides is 1. The van der Waals surface area contributed by atoms with E-state index < -0.39 is 0 Å². The number of carbonyl (C=O) groups is 1. The minimum atomic E-state index is -0.331. The van der Waals surface area contributed by atoms with Gasteiger partial charge >= 0.3 is 0 Å². The summed E-state index contributed by atoms with van der Waals surface area (Å²) in [7, 11) is 3.33. The normalized spacial score (nSPS) is 15.8. The van der Waals surface area contributed by atoms with Crippen LogP contribution in [0.25, 0.3) is 10.9 Å². The van der Waals surface area contributed by atoms with Crippen LogP contribution in [0.3, 0.4) is 0 Å². The molecule has 1 atom stereocenters. The second-order valence-electron chi connectivity index (χ2n) is 7.10. The predicted molar refractivity (Wildman–Crippen MR) is 122 cm³/mol. The van der Waals surface area contributed by atoms with Crippen molar-refractivity contribution in [2.75, 3.05) is 26.5 Å². The Morgan fingerprint density at radius 3 is 2.90 bits per heavy atom. The van der Waals surface area contributed by atoms with Gasteiger partial charge in [-0.05, 0) is 36.2 Å². The van der Waals surface area contributed by atoms with Crippen molar-refractivity contribution < 1.29 is 14.3 Å². The van der Waals surface area contributed by atoms with Crippen molar-refractivity contribution >= 4 is 33.6 Å². The van der Waals surface area contributed by atoms with Gasteiger partial charge in [0.15, 0.2) is 0 Å². The van der Waals surface area contributed by atoms with Crippen LogP contribution < -0.4 is 14.8 Å². The molecule has 1 aliphatic rings. The van der Waals surface area contributed by atoms with E-state index in [-0.39, 0.29) is 11.9 Å². The molecule has 0 fully saturated rings. The van der Waals surface area contributed by atoms with Crippen molar-refractivity contribution in [3.05, 3.63) is 59.8 Å². The molecule has 0 aliphatic carbocycles. The molecule has 0 saturated carbocycles. The van der Waals surface area contributed by atoms with Crippen LogP contribution in [0.2, 0.25) is 0 Å². The fourth-order valence-corrected chi connectivity index (χ4v) is 4.63. The number of nitrogens with zero attached hydrogens (tertiary/aromatic N) is 1. The molecule has 1 amide bonds. The number of methoxy groups -OCH3 is 2. The maximum atomic E-state index is 12.6. The average molecular weight is 424 g/mol. The van der Waals surface area contributed by atoms with E-state index in [1.54, 1.807) is 26.0 Å². The summed E-state index contributed by atoms with van der Waals surface area (Å²) in [6, 6.07) is 13.5. The first-order valence-corrected chi connectivity index (χ1v) is 10.9. The highest BCUT2D eigenvalue weighted by atomic mass is 32.2. The molecular weight excluding hydrogens is 398 g/mol. The molecule has 4 rings (SSSR count). The van der Waals surface area contributed by atoms with Crippen LogP contribution in [-0.4, -0.2) is 48.5 Å². The standard InChI is InChI=1S/C23H25N3O3S/c1-28-17-7-8-19-18(12-17)16(13-25-19)9-10-24-23(27)20-14-30-22(26-20)11-15-5-3-4-6-21(15)29-2/h3-8,12-13,20,25H,9-11,14H2,1-2H3,(H,24,27)/t20-/m0/s1. The SMILES string of the molecule is COc1ccc2[nH]cc(CCNC(=O)[C@@H]3CSC(Cc4ccccc4OC)=N3)c2c1. The zero-order chi connectivity index (χ0) is 20.9. The Morgan fingerprint density at radius 1 is 1.20 bits per heavy atom. The molecule has 0 spiro atoms. The highest BCUT2D eigenvalue weighted by Gasteiger charge is 2.25. The first-order valence-electron chi connectivity index (χ1n) is 9.91. The van der Waals surface area contributed by atoms with E-state index in [0.717, 1.165) is 45.0 Å². The number of aliphatic imine (C=N–C) groups is 1.